The second-order valence-corrected chi connectivity index (χ2v) is 2.97. The Bertz CT molecular complexity index is 437. The molecule has 0 saturated heterocycles. The number of hydrogen-bond donors (Lipinski definition) is 1. The summed E-state index contributed by atoms with van der Waals surface area (Å²) in [7, 11) is 0. The van der Waals surface area contributed by atoms with Crippen LogP contribution in [-0.4, -0.2) is 16.0 Å². The van der Waals surface area contributed by atoms with Gasteiger partial charge in [0.25, 0.3) is 5.69 Å². The molecular weight excluding hydrogens is 198 g/mol. The maximum Gasteiger partial charge on any atom is 0.328 e. The fraction of sp³-hybridized carbons (Fsp3) is 0.100. The second-order valence-electron chi connectivity index (χ2n) is 2.97. The van der Waals surface area contributed by atoms with E-state index < -0.39 is 10.9 Å². The first-order valence-electron chi connectivity index (χ1n) is 4.17. The Morgan fingerprint density at radius 2 is 2.20 bits per heavy atom. The normalized spacial score (nSPS) is 10.5. The van der Waals surface area contributed by atoms with E-state index in [4.69, 9.17) is 5.11 Å². The number of nitro benzene ring substituents is 1. The lowest BCUT2D eigenvalue weighted by Gasteiger charge is -1.97. The van der Waals surface area contributed by atoms with Crippen molar-refractivity contribution >= 4 is 17.7 Å². The van der Waals surface area contributed by atoms with Crippen LogP contribution in [0.15, 0.2) is 24.3 Å². The molecular formula is C10H9NO4. The Labute approximate surface area is 85.8 Å². The van der Waals surface area contributed by atoms with Crippen molar-refractivity contribution in [3.05, 3.63) is 45.5 Å². The molecule has 0 spiro atoms. The minimum atomic E-state index is -1.08. The second kappa shape index (κ2) is 4.36. The van der Waals surface area contributed by atoms with Crippen molar-refractivity contribution in [1.82, 2.24) is 0 Å². The first-order chi connectivity index (χ1) is 7.00. The molecule has 1 rings (SSSR count). The number of benzene rings is 1. The summed E-state index contributed by atoms with van der Waals surface area (Å²) in [5, 5.41) is 19.0. The maximum atomic E-state index is 10.6. The Morgan fingerprint density at radius 3 is 2.73 bits per heavy atom. The van der Waals surface area contributed by atoms with Gasteiger partial charge in [0.05, 0.1) is 4.92 Å². The summed E-state index contributed by atoms with van der Waals surface area (Å²) in [6, 6.07) is 4.55. The monoisotopic (exact) mass is 207 g/mol. The van der Waals surface area contributed by atoms with Gasteiger partial charge in [-0.1, -0.05) is 12.1 Å². The van der Waals surface area contributed by atoms with Gasteiger partial charge in [0.1, 0.15) is 0 Å². The predicted octanol–water partition coefficient (Wildman–Crippen LogP) is 2.00. The van der Waals surface area contributed by atoms with Gasteiger partial charge in [-0.05, 0) is 18.6 Å². The van der Waals surface area contributed by atoms with Crippen molar-refractivity contribution in [2.45, 2.75) is 6.92 Å². The molecule has 15 heavy (non-hydrogen) atoms. The summed E-state index contributed by atoms with van der Waals surface area (Å²) in [5.74, 6) is -1.08. The first-order valence-corrected chi connectivity index (χ1v) is 4.17. The molecule has 0 saturated carbocycles. The Morgan fingerprint density at radius 1 is 1.53 bits per heavy atom. The number of carbonyl (C=O) groups is 1. The number of rotatable bonds is 3. The molecule has 0 aromatic heterocycles. The summed E-state index contributed by atoms with van der Waals surface area (Å²) in [6.07, 6.45) is 2.25. The standard InChI is InChI=1S/C10H9NO4/c1-7-2-3-8(4-5-10(12)13)6-9(7)11(14)15/h2-6H,1H3,(H,12,13). The number of nitrogens with zero attached hydrogens (tertiary/aromatic N) is 1. The minimum Gasteiger partial charge on any atom is -0.478 e. The average molecular weight is 207 g/mol. The lowest BCUT2D eigenvalue weighted by Crippen LogP contribution is -1.92. The molecule has 1 N–H and O–H groups in total. The first kappa shape index (κ1) is 10.9. The van der Waals surface area contributed by atoms with E-state index >= 15 is 0 Å². The van der Waals surface area contributed by atoms with Gasteiger partial charge >= 0.3 is 5.97 Å². The van der Waals surface area contributed by atoms with Crippen LogP contribution in [-0.2, 0) is 4.79 Å². The molecule has 0 aliphatic heterocycles. The van der Waals surface area contributed by atoms with Crippen molar-refractivity contribution in [2.75, 3.05) is 0 Å². The lowest BCUT2D eigenvalue weighted by molar-refractivity contribution is -0.385. The van der Waals surface area contributed by atoms with Crippen LogP contribution in [0.2, 0.25) is 0 Å². The van der Waals surface area contributed by atoms with Crippen LogP contribution >= 0.6 is 0 Å². The molecule has 5 heteroatoms. The highest BCUT2D eigenvalue weighted by Crippen LogP contribution is 2.19. The minimum absolute atomic E-state index is 0.0115. The summed E-state index contributed by atoms with van der Waals surface area (Å²) in [4.78, 5) is 20.3. The molecule has 0 radical (unpaired) electrons. The smallest absolute Gasteiger partial charge is 0.328 e. The molecule has 78 valence electrons. The highest BCUT2D eigenvalue weighted by Gasteiger charge is 2.09. The molecule has 0 aliphatic carbocycles. The van der Waals surface area contributed by atoms with Crippen LogP contribution in [0.25, 0.3) is 6.08 Å². The van der Waals surface area contributed by atoms with Gasteiger partial charge in [0.2, 0.25) is 0 Å². The largest absolute Gasteiger partial charge is 0.478 e. The SMILES string of the molecule is Cc1ccc(C=CC(=O)O)cc1[N+](=O)[O-]. The molecule has 0 heterocycles. The van der Waals surface area contributed by atoms with Crippen LogP contribution in [0, 0.1) is 17.0 Å². The fourth-order valence-electron chi connectivity index (χ4n) is 1.09. The summed E-state index contributed by atoms with van der Waals surface area (Å²) in [6.45, 7) is 1.63. The van der Waals surface area contributed by atoms with Gasteiger partial charge in [0, 0.05) is 17.7 Å². The Kier molecular flexibility index (Phi) is 3.17. The predicted molar refractivity (Wildman–Crippen MR) is 54.5 cm³/mol. The molecule has 5 nitrogen and oxygen atoms in total. The van der Waals surface area contributed by atoms with Crippen molar-refractivity contribution in [1.29, 1.82) is 0 Å². The zero-order chi connectivity index (χ0) is 11.4. The van der Waals surface area contributed by atoms with Crippen molar-refractivity contribution in [3.8, 4) is 0 Å². The maximum absolute atomic E-state index is 10.6. The van der Waals surface area contributed by atoms with Gasteiger partial charge in [0.15, 0.2) is 0 Å². The summed E-state index contributed by atoms with van der Waals surface area (Å²) < 4.78 is 0. The van der Waals surface area contributed by atoms with Gasteiger partial charge in [-0.25, -0.2) is 4.79 Å². The molecule has 0 amide bonds. The topological polar surface area (TPSA) is 80.4 Å². The average Bonchev–Trinajstić information content (AvgIpc) is 2.16. The third kappa shape index (κ3) is 2.91. The van der Waals surface area contributed by atoms with Crippen molar-refractivity contribution in [3.63, 3.8) is 0 Å². The van der Waals surface area contributed by atoms with E-state index in [1.54, 1.807) is 19.1 Å². The molecule has 0 fully saturated rings. The zero-order valence-corrected chi connectivity index (χ0v) is 8.01. The molecule has 1 aromatic carbocycles. The third-order valence-electron chi connectivity index (χ3n) is 1.85. The zero-order valence-electron chi connectivity index (χ0n) is 8.01. The van der Waals surface area contributed by atoms with E-state index in [-0.39, 0.29) is 5.69 Å². The van der Waals surface area contributed by atoms with E-state index in [0.717, 1.165) is 6.08 Å². The highest BCUT2D eigenvalue weighted by atomic mass is 16.6. The van der Waals surface area contributed by atoms with E-state index in [2.05, 4.69) is 0 Å². The van der Waals surface area contributed by atoms with Gasteiger partial charge in [-0.15, -0.1) is 0 Å². The summed E-state index contributed by atoms with van der Waals surface area (Å²) in [5.41, 5.74) is 1.03. The van der Waals surface area contributed by atoms with Gasteiger partial charge < -0.3 is 5.11 Å². The quantitative estimate of drug-likeness (QED) is 0.467. The number of hydrogen-bond acceptors (Lipinski definition) is 3. The van der Waals surface area contributed by atoms with Crippen molar-refractivity contribution < 1.29 is 14.8 Å². The van der Waals surface area contributed by atoms with E-state index in [1.165, 1.54) is 12.1 Å². The van der Waals surface area contributed by atoms with Gasteiger partial charge in [-0.3, -0.25) is 10.1 Å². The lowest BCUT2D eigenvalue weighted by atomic mass is 10.1. The third-order valence-corrected chi connectivity index (χ3v) is 1.85. The van der Waals surface area contributed by atoms with Crippen LogP contribution in [0.3, 0.4) is 0 Å². The van der Waals surface area contributed by atoms with E-state index in [1.807, 2.05) is 0 Å². The number of aliphatic carboxylic acids is 1. The van der Waals surface area contributed by atoms with E-state index in [0.29, 0.717) is 11.1 Å². The van der Waals surface area contributed by atoms with E-state index in [9.17, 15) is 14.9 Å². The van der Waals surface area contributed by atoms with Crippen LogP contribution in [0.4, 0.5) is 5.69 Å². The fourth-order valence-corrected chi connectivity index (χ4v) is 1.09. The molecule has 0 aliphatic rings. The number of carboxylic acids is 1. The molecule has 0 bridgehead atoms. The molecule has 0 unspecified atom stereocenters. The molecule has 1 aromatic rings. The Balaban J connectivity index is 3.08. The van der Waals surface area contributed by atoms with Crippen LogP contribution < -0.4 is 0 Å². The number of carboxylic acid groups (broad SMARTS) is 1. The van der Waals surface area contributed by atoms with Crippen LogP contribution in [0.1, 0.15) is 11.1 Å². The number of nitro groups is 1. The highest BCUT2D eigenvalue weighted by molar-refractivity contribution is 5.85. The Hall–Kier alpha value is -2.17. The van der Waals surface area contributed by atoms with Crippen molar-refractivity contribution in [2.24, 2.45) is 0 Å². The summed E-state index contributed by atoms with van der Waals surface area (Å²) >= 11 is 0. The number of aryl methyl sites for hydroxylation is 1. The van der Waals surface area contributed by atoms with Crippen LogP contribution in [0.5, 0.6) is 0 Å². The molecule has 0 atom stereocenters. The van der Waals surface area contributed by atoms with Gasteiger partial charge in [-0.2, -0.15) is 0 Å².